The standard InChI is InChI=1S/C10H17ClO/c11-10(9-2-3-9)4-1-8-5-6-12-7-8/h8-10H,1-7H2. The van der Waals surface area contributed by atoms with Gasteiger partial charge in [0.05, 0.1) is 0 Å². The number of alkyl halides is 1. The normalized spacial score (nSPS) is 32.2. The molecule has 0 aromatic carbocycles. The van der Waals surface area contributed by atoms with Crippen LogP contribution in [0, 0.1) is 11.8 Å². The minimum atomic E-state index is 0.464. The second-order valence-corrected chi connectivity index (χ2v) is 4.72. The summed E-state index contributed by atoms with van der Waals surface area (Å²) in [6, 6.07) is 0. The van der Waals surface area contributed by atoms with Gasteiger partial charge in [-0.15, -0.1) is 11.6 Å². The number of rotatable bonds is 4. The van der Waals surface area contributed by atoms with E-state index in [-0.39, 0.29) is 0 Å². The lowest BCUT2D eigenvalue weighted by Crippen LogP contribution is -2.06. The molecule has 1 saturated heterocycles. The lowest BCUT2D eigenvalue weighted by Gasteiger charge is -2.10. The topological polar surface area (TPSA) is 9.23 Å². The molecule has 2 atom stereocenters. The molecule has 0 bridgehead atoms. The van der Waals surface area contributed by atoms with Crippen molar-refractivity contribution in [2.45, 2.75) is 37.5 Å². The number of hydrogen-bond donors (Lipinski definition) is 0. The van der Waals surface area contributed by atoms with E-state index in [4.69, 9.17) is 16.3 Å². The first-order valence-electron chi connectivity index (χ1n) is 5.08. The Morgan fingerprint density at radius 2 is 2.17 bits per heavy atom. The predicted octanol–water partition coefficient (Wildman–Crippen LogP) is 2.82. The van der Waals surface area contributed by atoms with Crippen LogP contribution in [-0.2, 0) is 4.74 Å². The van der Waals surface area contributed by atoms with Gasteiger partial charge in [-0.25, -0.2) is 0 Å². The van der Waals surface area contributed by atoms with Crippen molar-refractivity contribution in [1.82, 2.24) is 0 Å². The maximum atomic E-state index is 6.22. The Kier molecular flexibility index (Phi) is 2.92. The fraction of sp³-hybridized carbons (Fsp3) is 1.00. The minimum Gasteiger partial charge on any atom is -0.381 e. The van der Waals surface area contributed by atoms with Gasteiger partial charge < -0.3 is 4.74 Å². The van der Waals surface area contributed by atoms with E-state index in [1.807, 2.05) is 0 Å². The van der Waals surface area contributed by atoms with E-state index in [9.17, 15) is 0 Å². The molecule has 1 nitrogen and oxygen atoms in total. The molecule has 1 aliphatic heterocycles. The van der Waals surface area contributed by atoms with Gasteiger partial charge in [-0.2, -0.15) is 0 Å². The van der Waals surface area contributed by atoms with Crippen LogP contribution >= 0.6 is 11.6 Å². The Balaban J connectivity index is 1.60. The van der Waals surface area contributed by atoms with Crippen LogP contribution in [0.2, 0.25) is 0 Å². The van der Waals surface area contributed by atoms with E-state index >= 15 is 0 Å². The highest BCUT2D eigenvalue weighted by atomic mass is 35.5. The molecule has 1 saturated carbocycles. The van der Waals surface area contributed by atoms with Gasteiger partial charge in [-0.3, -0.25) is 0 Å². The van der Waals surface area contributed by atoms with E-state index in [0.29, 0.717) is 5.38 Å². The Hall–Kier alpha value is 0.250. The second kappa shape index (κ2) is 3.97. The van der Waals surface area contributed by atoms with Crippen molar-refractivity contribution in [1.29, 1.82) is 0 Å². The number of hydrogen-bond acceptors (Lipinski definition) is 1. The van der Waals surface area contributed by atoms with E-state index in [0.717, 1.165) is 25.0 Å². The monoisotopic (exact) mass is 188 g/mol. The summed E-state index contributed by atoms with van der Waals surface area (Å²) in [4.78, 5) is 0. The molecule has 2 fully saturated rings. The molecular weight excluding hydrogens is 172 g/mol. The Labute approximate surface area is 79.4 Å². The van der Waals surface area contributed by atoms with Crippen LogP contribution in [0.1, 0.15) is 32.1 Å². The molecule has 0 radical (unpaired) electrons. The van der Waals surface area contributed by atoms with Crippen molar-refractivity contribution in [3.63, 3.8) is 0 Å². The van der Waals surface area contributed by atoms with E-state index in [1.165, 1.54) is 32.1 Å². The maximum absolute atomic E-state index is 6.22. The molecule has 0 N–H and O–H groups in total. The van der Waals surface area contributed by atoms with Crippen molar-refractivity contribution in [2.75, 3.05) is 13.2 Å². The predicted molar refractivity (Wildman–Crippen MR) is 50.5 cm³/mol. The lowest BCUT2D eigenvalue weighted by atomic mass is 10.0. The van der Waals surface area contributed by atoms with Crippen molar-refractivity contribution >= 4 is 11.6 Å². The summed E-state index contributed by atoms with van der Waals surface area (Å²) in [6.45, 7) is 1.95. The van der Waals surface area contributed by atoms with E-state index in [1.54, 1.807) is 0 Å². The average molecular weight is 189 g/mol. The van der Waals surface area contributed by atoms with Crippen LogP contribution in [0.3, 0.4) is 0 Å². The minimum absolute atomic E-state index is 0.464. The third-order valence-corrected chi connectivity index (χ3v) is 3.58. The first-order valence-corrected chi connectivity index (χ1v) is 5.51. The van der Waals surface area contributed by atoms with E-state index in [2.05, 4.69) is 0 Å². The highest BCUT2D eigenvalue weighted by Gasteiger charge is 2.30. The fourth-order valence-electron chi connectivity index (χ4n) is 1.90. The molecule has 0 spiro atoms. The van der Waals surface area contributed by atoms with Crippen LogP contribution in [0.4, 0.5) is 0 Å². The zero-order valence-corrected chi connectivity index (χ0v) is 8.22. The largest absolute Gasteiger partial charge is 0.381 e. The van der Waals surface area contributed by atoms with Crippen LogP contribution < -0.4 is 0 Å². The maximum Gasteiger partial charge on any atom is 0.0495 e. The molecule has 0 aromatic rings. The first kappa shape index (κ1) is 8.83. The Bertz CT molecular complexity index is 137. The smallest absolute Gasteiger partial charge is 0.0495 e. The van der Waals surface area contributed by atoms with Crippen molar-refractivity contribution in [3.05, 3.63) is 0 Å². The van der Waals surface area contributed by atoms with Gasteiger partial charge in [0.1, 0.15) is 0 Å². The molecule has 2 aliphatic rings. The van der Waals surface area contributed by atoms with Crippen LogP contribution in [0.5, 0.6) is 0 Å². The molecule has 2 unspecified atom stereocenters. The third kappa shape index (κ3) is 2.37. The lowest BCUT2D eigenvalue weighted by molar-refractivity contribution is 0.183. The second-order valence-electron chi connectivity index (χ2n) is 4.16. The molecule has 2 heteroatoms. The third-order valence-electron chi connectivity index (χ3n) is 3.01. The van der Waals surface area contributed by atoms with Crippen LogP contribution in [0.15, 0.2) is 0 Å². The fourth-order valence-corrected chi connectivity index (χ4v) is 2.28. The van der Waals surface area contributed by atoms with Gasteiger partial charge in [0.2, 0.25) is 0 Å². The van der Waals surface area contributed by atoms with Gasteiger partial charge in [0.25, 0.3) is 0 Å². The molecule has 0 amide bonds. The molecule has 2 rings (SSSR count). The van der Waals surface area contributed by atoms with Gasteiger partial charge in [-0.05, 0) is 43.9 Å². The van der Waals surface area contributed by atoms with Gasteiger partial charge in [-0.1, -0.05) is 0 Å². The summed E-state index contributed by atoms with van der Waals surface area (Å²) >= 11 is 6.22. The molecular formula is C10H17ClO. The molecule has 70 valence electrons. The zero-order valence-electron chi connectivity index (χ0n) is 7.47. The number of ether oxygens (including phenoxy) is 1. The Morgan fingerprint density at radius 3 is 2.75 bits per heavy atom. The quantitative estimate of drug-likeness (QED) is 0.617. The summed E-state index contributed by atoms with van der Waals surface area (Å²) < 4.78 is 5.32. The van der Waals surface area contributed by atoms with Crippen molar-refractivity contribution < 1.29 is 4.74 Å². The molecule has 0 aromatic heterocycles. The first-order chi connectivity index (χ1) is 5.86. The summed E-state index contributed by atoms with van der Waals surface area (Å²) in [6.07, 6.45) is 6.49. The van der Waals surface area contributed by atoms with Crippen molar-refractivity contribution in [2.24, 2.45) is 11.8 Å². The van der Waals surface area contributed by atoms with Crippen LogP contribution in [0.25, 0.3) is 0 Å². The summed E-state index contributed by atoms with van der Waals surface area (Å²) in [5, 5.41) is 0.464. The molecule has 1 heterocycles. The van der Waals surface area contributed by atoms with Crippen LogP contribution in [-0.4, -0.2) is 18.6 Å². The summed E-state index contributed by atoms with van der Waals surface area (Å²) in [5.74, 6) is 1.67. The van der Waals surface area contributed by atoms with Crippen molar-refractivity contribution in [3.8, 4) is 0 Å². The Morgan fingerprint density at radius 1 is 1.33 bits per heavy atom. The summed E-state index contributed by atoms with van der Waals surface area (Å²) in [5.41, 5.74) is 0. The summed E-state index contributed by atoms with van der Waals surface area (Å²) in [7, 11) is 0. The zero-order chi connectivity index (χ0) is 8.39. The van der Waals surface area contributed by atoms with Gasteiger partial charge >= 0.3 is 0 Å². The molecule has 1 aliphatic carbocycles. The van der Waals surface area contributed by atoms with E-state index < -0.39 is 0 Å². The van der Waals surface area contributed by atoms with Gasteiger partial charge in [0.15, 0.2) is 0 Å². The van der Waals surface area contributed by atoms with Gasteiger partial charge in [0, 0.05) is 18.6 Å². The molecule has 12 heavy (non-hydrogen) atoms. The SMILES string of the molecule is ClC(CCC1CCOC1)C1CC1. The number of halogens is 1. The average Bonchev–Trinajstić information content (AvgIpc) is 2.80. The highest BCUT2D eigenvalue weighted by molar-refractivity contribution is 6.20. The highest BCUT2D eigenvalue weighted by Crippen LogP contribution is 2.38.